The normalized spacial score (nSPS) is 11.9. The van der Waals surface area contributed by atoms with Crippen LogP contribution in [0.5, 0.6) is 0 Å². The van der Waals surface area contributed by atoms with Crippen LogP contribution >= 0.6 is 0 Å². The Bertz CT molecular complexity index is 778. The highest BCUT2D eigenvalue weighted by molar-refractivity contribution is 5.57. The number of anilines is 1. The molecule has 0 amide bonds. The van der Waals surface area contributed by atoms with Crippen molar-refractivity contribution in [3.63, 3.8) is 0 Å². The average Bonchev–Trinajstić information content (AvgIpc) is 2.62. The minimum atomic E-state index is -0.0749. The summed E-state index contributed by atoms with van der Waals surface area (Å²) in [4.78, 5) is 13.6. The molecule has 0 aliphatic carbocycles. The van der Waals surface area contributed by atoms with Gasteiger partial charge in [-0.05, 0) is 19.1 Å². The molecule has 3 rings (SSSR count). The average molecular weight is 320 g/mol. The van der Waals surface area contributed by atoms with Gasteiger partial charge in [0.1, 0.15) is 5.82 Å². The molecule has 0 fully saturated rings. The molecular weight excluding hydrogens is 300 g/mol. The Morgan fingerprint density at radius 3 is 2.54 bits per heavy atom. The van der Waals surface area contributed by atoms with Crippen LogP contribution in [0.4, 0.5) is 5.82 Å². The fraction of sp³-hybridized carbons (Fsp3) is 0.211. The van der Waals surface area contributed by atoms with Crippen molar-refractivity contribution in [3.05, 3.63) is 72.2 Å². The number of rotatable bonds is 6. The monoisotopic (exact) mass is 320 g/mol. The number of methoxy groups -OCH3 is 1. The van der Waals surface area contributed by atoms with Gasteiger partial charge >= 0.3 is 0 Å². The van der Waals surface area contributed by atoms with Crippen LogP contribution in [-0.2, 0) is 4.74 Å². The zero-order valence-corrected chi connectivity index (χ0v) is 13.8. The molecule has 0 unspecified atom stereocenters. The minimum Gasteiger partial charge on any atom is -0.382 e. The molecule has 122 valence electrons. The third-order valence-corrected chi connectivity index (χ3v) is 3.59. The number of hydrogen-bond donors (Lipinski definition) is 1. The molecular formula is C19H20N4O. The molecule has 24 heavy (non-hydrogen) atoms. The molecule has 0 spiro atoms. The molecule has 2 aromatic heterocycles. The van der Waals surface area contributed by atoms with E-state index < -0.39 is 0 Å². The second-order valence-electron chi connectivity index (χ2n) is 5.49. The zero-order valence-electron chi connectivity index (χ0n) is 13.8. The van der Waals surface area contributed by atoms with Crippen molar-refractivity contribution in [2.75, 3.05) is 19.0 Å². The second-order valence-corrected chi connectivity index (χ2v) is 5.49. The predicted octanol–water partition coefficient (Wildman–Crippen LogP) is 3.65. The van der Waals surface area contributed by atoms with Crippen molar-refractivity contribution >= 4 is 5.82 Å². The van der Waals surface area contributed by atoms with Crippen LogP contribution in [0, 0.1) is 6.92 Å². The number of aryl methyl sites for hydroxylation is 1. The third kappa shape index (κ3) is 3.94. The molecule has 0 radical (unpaired) electrons. The highest BCUT2D eigenvalue weighted by Crippen LogP contribution is 2.21. The molecule has 0 aliphatic heterocycles. The minimum absolute atomic E-state index is 0.0749. The molecule has 0 bridgehead atoms. The smallest absolute Gasteiger partial charge is 0.161 e. The van der Waals surface area contributed by atoms with Crippen LogP contribution < -0.4 is 5.32 Å². The fourth-order valence-corrected chi connectivity index (χ4v) is 2.49. The highest BCUT2D eigenvalue weighted by atomic mass is 16.5. The van der Waals surface area contributed by atoms with Gasteiger partial charge in [-0.2, -0.15) is 0 Å². The summed E-state index contributed by atoms with van der Waals surface area (Å²) >= 11 is 0. The lowest BCUT2D eigenvalue weighted by Gasteiger charge is -2.18. The molecule has 1 aromatic carbocycles. The molecule has 1 atom stereocenters. The second kappa shape index (κ2) is 7.66. The van der Waals surface area contributed by atoms with Crippen molar-refractivity contribution in [1.29, 1.82) is 0 Å². The standard InChI is InChI=1S/C19H20N4O/c1-14-12-18(23-19(21-14)15-8-4-3-5-9-15)22-17(13-24-2)16-10-6-7-11-20-16/h3-12,17H,13H2,1-2H3,(H,21,22,23)/t17-/m1/s1. The zero-order chi connectivity index (χ0) is 16.8. The molecule has 3 aromatic rings. The van der Waals surface area contributed by atoms with Crippen LogP contribution in [0.15, 0.2) is 60.8 Å². The van der Waals surface area contributed by atoms with Crippen molar-refractivity contribution < 1.29 is 4.74 Å². The van der Waals surface area contributed by atoms with Crippen LogP contribution in [0.1, 0.15) is 17.4 Å². The molecule has 5 nitrogen and oxygen atoms in total. The first-order chi connectivity index (χ1) is 11.8. The van der Waals surface area contributed by atoms with Crippen molar-refractivity contribution in [1.82, 2.24) is 15.0 Å². The van der Waals surface area contributed by atoms with Crippen LogP contribution in [-0.4, -0.2) is 28.7 Å². The van der Waals surface area contributed by atoms with E-state index in [4.69, 9.17) is 4.74 Å². The summed E-state index contributed by atoms with van der Waals surface area (Å²) in [6.07, 6.45) is 1.78. The van der Waals surface area contributed by atoms with Crippen LogP contribution in [0.3, 0.4) is 0 Å². The maximum Gasteiger partial charge on any atom is 0.161 e. The largest absolute Gasteiger partial charge is 0.382 e. The van der Waals surface area contributed by atoms with Gasteiger partial charge in [0.15, 0.2) is 5.82 Å². The van der Waals surface area contributed by atoms with Gasteiger partial charge in [0.25, 0.3) is 0 Å². The molecule has 0 saturated carbocycles. The molecule has 1 N–H and O–H groups in total. The molecule has 5 heteroatoms. The summed E-state index contributed by atoms with van der Waals surface area (Å²) in [6.45, 7) is 2.46. The number of pyridine rings is 1. The van der Waals surface area contributed by atoms with E-state index in [1.54, 1.807) is 13.3 Å². The number of hydrogen-bond acceptors (Lipinski definition) is 5. The summed E-state index contributed by atoms with van der Waals surface area (Å²) in [5, 5.41) is 3.41. The van der Waals surface area contributed by atoms with E-state index in [0.717, 1.165) is 22.8 Å². The van der Waals surface area contributed by atoms with Gasteiger partial charge in [-0.3, -0.25) is 4.98 Å². The topological polar surface area (TPSA) is 59.9 Å². The number of benzene rings is 1. The quantitative estimate of drug-likeness (QED) is 0.751. The van der Waals surface area contributed by atoms with Gasteiger partial charge in [0.05, 0.1) is 18.3 Å². The van der Waals surface area contributed by atoms with E-state index in [1.807, 2.05) is 61.5 Å². The number of aromatic nitrogens is 3. The Hall–Kier alpha value is -2.79. The van der Waals surface area contributed by atoms with E-state index in [2.05, 4.69) is 20.3 Å². The summed E-state index contributed by atoms with van der Waals surface area (Å²) in [7, 11) is 1.68. The van der Waals surface area contributed by atoms with Gasteiger partial charge in [0, 0.05) is 30.6 Å². The lowest BCUT2D eigenvalue weighted by Crippen LogP contribution is -2.18. The van der Waals surface area contributed by atoms with Gasteiger partial charge < -0.3 is 10.1 Å². The SMILES string of the molecule is COC[C@@H](Nc1cc(C)nc(-c2ccccc2)n1)c1ccccn1. The van der Waals surface area contributed by atoms with E-state index in [0.29, 0.717) is 12.4 Å². The Morgan fingerprint density at radius 1 is 1.04 bits per heavy atom. The maximum absolute atomic E-state index is 5.33. The van der Waals surface area contributed by atoms with Gasteiger partial charge in [0.2, 0.25) is 0 Å². The first-order valence-corrected chi connectivity index (χ1v) is 7.84. The summed E-state index contributed by atoms with van der Waals surface area (Å²) < 4.78 is 5.33. The fourth-order valence-electron chi connectivity index (χ4n) is 2.49. The van der Waals surface area contributed by atoms with E-state index in [1.165, 1.54) is 0 Å². The Morgan fingerprint density at radius 2 is 1.83 bits per heavy atom. The number of nitrogens with zero attached hydrogens (tertiary/aromatic N) is 3. The Labute approximate surface area is 141 Å². The van der Waals surface area contributed by atoms with Crippen molar-refractivity contribution in [2.45, 2.75) is 13.0 Å². The van der Waals surface area contributed by atoms with Crippen LogP contribution in [0.25, 0.3) is 11.4 Å². The van der Waals surface area contributed by atoms with E-state index in [9.17, 15) is 0 Å². The van der Waals surface area contributed by atoms with Gasteiger partial charge in [-0.1, -0.05) is 36.4 Å². The molecule has 0 saturated heterocycles. The predicted molar refractivity (Wildman–Crippen MR) is 94.7 cm³/mol. The van der Waals surface area contributed by atoms with Crippen molar-refractivity contribution in [3.8, 4) is 11.4 Å². The van der Waals surface area contributed by atoms with Gasteiger partial charge in [-0.15, -0.1) is 0 Å². The van der Waals surface area contributed by atoms with Crippen LogP contribution in [0.2, 0.25) is 0 Å². The molecule has 0 aliphatic rings. The molecule has 2 heterocycles. The van der Waals surface area contributed by atoms with E-state index >= 15 is 0 Å². The summed E-state index contributed by atoms with van der Waals surface area (Å²) in [6, 6.07) is 17.6. The number of ether oxygens (including phenoxy) is 1. The summed E-state index contributed by atoms with van der Waals surface area (Å²) in [5.41, 5.74) is 2.81. The van der Waals surface area contributed by atoms with Gasteiger partial charge in [-0.25, -0.2) is 9.97 Å². The number of nitrogens with one attached hydrogen (secondary N) is 1. The summed E-state index contributed by atoms with van der Waals surface area (Å²) in [5.74, 6) is 1.46. The van der Waals surface area contributed by atoms with E-state index in [-0.39, 0.29) is 6.04 Å². The lowest BCUT2D eigenvalue weighted by atomic mass is 10.2. The highest BCUT2D eigenvalue weighted by Gasteiger charge is 2.14. The first kappa shape index (κ1) is 16.1. The first-order valence-electron chi connectivity index (χ1n) is 7.84. The maximum atomic E-state index is 5.33. The Kier molecular flexibility index (Phi) is 5.13. The lowest BCUT2D eigenvalue weighted by molar-refractivity contribution is 0.185. The third-order valence-electron chi connectivity index (χ3n) is 3.59. The van der Waals surface area contributed by atoms with Crippen molar-refractivity contribution in [2.24, 2.45) is 0 Å². The Balaban J connectivity index is 1.89.